The molecule has 2 aromatic rings. The average molecular weight is 250 g/mol. The van der Waals surface area contributed by atoms with Gasteiger partial charge in [-0.15, -0.1) is 0 Å². The van der Waals surface area contributed by atoms with Gasteiger partial charge in [0.2, 0.25) is 0 Å². The highest BCUT2D eigenvalue weighted by Crippen LogP contribution is 2.19. The lowest BCUT2D eigenvalue weighted by Gasteiger charge is -2.07. The Balaban J connectivity index is 2.60. The maximum atomic E-state index is 13.1. The second-order valence-corrected chi connectivity index (χ2v) is 4.33. The highest BCUT2D eigenvalue weighted by atomic mass is 19.1. The van der Waals surface area contributed by atoms with Gasteiger partial charge in [-0.05, 0) is 12.1 Å². The number of nitrogens with zero attached hydrogens (tertiary/aromatic N) is 1. The maximum Gasteiger partial charge on any atom is 0.251 e. The zero-order valence-electron chi connectivity index (χ0n) is 10.00. The summed E-state index contributed by atoms with van der Waals surface area (Å²) in [6, 6.07) is 4.30. The number of nitrogens with one attached hydrogen (secondary N) is 1. The monoisotopic (exact) mass is 250 g/mol. The summed E-state index contributed by atoms with van der Waals surface area (Å²) in [5.74, 6) is -0.880. The SMILES string of the molecule is CC(C)c1nc(-c2cc(F)cc(F)c2)cc(=O)[nH]1. The van der Waals surface area contributed by atoms with Crippen LogP contribution in [0.3, 0.4) is 0 Å². The minimum atomic E-state index is -0.696. The van der Waals surface area contributed by atoms with E-state index in [0.717, 1.165) is 18.2 Å². The molecule has 0 aliphatic heterocycles. The van der Waals surface area contributed by atoms with Crippen LogP contribution in [0.25, 0.3) is 11.3 Å². The Morgan fingerprint density at radius 1 is 1.11 bits per heavy atom. The molecule has 0 aliphatic carbocycles. The molecule has 1 aromatic carbocycles. The summed E-state index contributed by atoms with van der Waals surface area (Å²) >= 11 is 0. The number of hydrogen-bond donors (Lipinski definition) is 1. The first-order chi connectivity index (χ1) is 8.45. The van der Waals surface area contributed by atoms with E-state index in [9.17, 15) is 13.6 Å². The van der Waals surface area contributed by atoms with Gasteiger partial charge < -0.3 is 4.98 Å². The summed E-state index contributed by atoms with van der Waals surface area (Å²) < 4.78 is 26.2. The molecule has 0 fully saturated rings. The minimum Gasteiger partial charge on any atom is -0.310 e. The lowest BCUT2D eigenvalue weighted by molar-refractivity contribution is 0.584. The summed E-state index contributed by atoms with van der Waals surface area (Å²) in [5.41, 5.74) is 0.176. The fourth-order valence-corrected chi connectivity index (χ4v) is 1.60. The van der Waals surface area contributed by atoms with Crippen molar-refractivity contribution in [3.05, 3.63) is 52.1 Å². The maximum absolute atomic E-state index is 13.1. The van der Waals surface area contributed by atoms with E-state index in [1.165, 1.54) is 6.07 Å². The Bertz CT molecular complexity index is 615. The fourth-order valence-electron chi connectivity index (χ4n) is 1.60. The van der Waals surface area contributed by atoms with E-state index in [-0.39, 0.29) is 22.7 Å². The molecule has 0 saturated heterocycles. The molecule has 5 heteroatoms. The van der Waals surface area contributed by atoms with Crippen molar-refractivity contribution in [2.75, 3.05) is 0 Å². The van der Waals surface area contributed by atoms with E-state index in [1.807, 2.05) is 13.8 Å². The van der Waals surface area contributed by atoms with E-state index in [0.29, 0.717) is 5.82 Å². The quantitative estimate of drug-likeness (QED) is 0.890. The third-order valence-electron chi connectivity index (χ3n) is 2.47. The predicted octanol–water partition coefficient (Wildman–Crippen LogP) is 2.84. The molecule has 3 nitrogen and oxygen atoms in total. The van der Waals surface area contributed by atoms with Crippen molar-refractivity contribution in [1.82, 2.24) is 9.97 Å². The number of aromatic amines is 1. The third kappa shape index (κ3) is 2.61. The van der Waals surface area contributed by atoms with E-state index in [1.54, 1.807) is 0 Å². The Labute approximate surface area is 103 Å². The summed E-state index contributed by atoms with van der Waals surface area (Å²) in [6.07, 6.45) is 0. The zero-order chi connectivity index (χ0) is 13.3. The van der Waals surface area contributed by atoms with Gasteiger partial charge in [-0.2, -0.15) is 0 Å². The molecule has 0 saturated carbocycles. The van der Waals surface area contributed by atoms with Gasteiger partial charge in [-0.25, -0.2) is 13.8 Å². The van der Waals surface area contributed by atoms with Crippen LogP contribution in [0, 0.1) is 11.6 Å². The number of benzene rings is 1. The summed E-state index contributed by atoms with van der Waals surface area (Å²) in [4.78, 5) is 18.3. The van der Waals surface area contributed by atoms with Crippen molar-refractivity contribution in [1.29, 1.82) is 0 Å². The zero-order valence-corrected chi connectivity index (χ0v) is 10.00. The van der Waals surface area contributed by atoms with Gasteiger partial charge >= 0.3 is 0 Å². The van der Waals surface area contributed by atoms with Gasteiger partial charge in [0.15, 0.2) is 0 Å². The lowest BCUT2D eigenvalue weighted by Crippen LogP contribution is -2.12. The fraction of sp³-hybridized carbons (Fsp3) is 0.231. The van der Waals surface area contributed by atoms with E-state index < -0.39 is 11.6 Å². The number of rotatable bonds is 2. The summed E-state index contributed by atoms with van der Waals surface area (Å²) in [7, 11) is 0. The van der Waals surface area contributed by atoms with Gasteiger partial charge in [0, 0.05) is 23.6 Å². The highest BCUT2D eigenvalue weighted by Gasteiger charge is 2.09. The number of hydrogen-bond acceptors (Lipinski definition) is 2. The first-order valence-corrected chi connectivity index (χ1v) is 5.53. The second kappa shape index (κ2) is 4.68. The van der Waals surface area contributed by atoms with Crippen LogP contribution in [0.5, 0.6) is 0 Å². The van der Waals surface area contributed by atoms with Gasteiger partial charge in [0.1, 0.15) is 17.5 Å². The molecular formula is C13H12F2N2O. The molecule has 0 bridgehead atoms. The third-order valence-corrected chi connectivity index (χ3v) is 2.47. The van der Waals surface area contributed by atoms with Crippen LogP contribution < -0.4 is 5.56 Å². The molecule has 18 heavy (non-hydrogen) atoms. The van der Waals surface area contributed by atoms with Crippen molar-refractivity contribution in [3.63, 3.8) is 0 Å². The van der Waals surface area contributed by atoms with Crippen LogP contribution in [-0.2, 0) is 0 Å². The van der Waals surface area contributed by atoms with Crippen LogP contribution in [0.2, 0.25) is 0 Å². The van der Waals surface area contributed by atoms with E-state index in [2.05, 4.69) is 9.97 Å². The minimum absolute atomic E-state index is 0.0241. The Hall–Kier alpha value is -2.04. The predicted molar refractivity (Wildman–Crippen MR) is 64.3 cm³/mol. The van der Waals surface area contributed by atoms with Crippen LogP contribution in [0.4, 0.5) is 8.78 Å². The van der Waals surface area contributed by atoms with Gasteiger partial charge in [0.05, 0.1) is 5.69 Å². The molecule has 0 radical (unpaired) electrons. The van der Waals surface area contributed by atoms with Crippen LogP contribution in [-0.4, -0.2) is 9.97 Å². The molecule has 94 valence electrons. The molecule has 0 unspecified atom stereocenters. The molecular weight excluding hydrogens is 238 g/mol. The highest BCUT2D eigenvalue weighted by molar-refractivity contribution is 5.58. The van der Waals surface area contributed by atoms with E-state index >= 15 is 0 Å². The average Bonchev–Trinajstić information content (AvgIpc) is 2.26. The summed E-state index contributed by atoms with van der Waals surface area (Å²) in [5, 5.41) is 0. The Kier molecular flexibility index (Phi) is 3.23. The Morgan fingerprint density at radius 2 is 1.72 bits per heavy atom. The molecule has 1 N–H and O–H groups in total. The molecule has 0 aliphatic rings. The van der Waals surface area contributed by atoms with Crippen molar-refractivity contribution < 1.29 is 8.78 Å². The first kappa shape index (κ1) is 12.4. The van der Waals surface area contributed by atoms with Gasteiger partial charge in [-0.1, -0.05) is 13.8 Å². The van der Waals surface area contributed by atoms with Gasteiger partial charge in [0.25, 0.3) is 5.56 Å². The lowest BCUT2D eigenvalue weighted by atomic mass is 10.1. The normalized spacial score (nSPS) is 10.9. The molecule has 0 atom stereocenters. The topological polar surface area (TPSA) is 45.8 Å². The molecule has 2 rings (SSSR count). The van der Waals surface area contributed by atoms with Crippen molar-refractivity contribution in [2.45, 2.75) is 19.8 Å². The standard InChI is InChI=1S/C13H12F2N2O/c1-7(2)13-16-11(6-12(18)17-13)8-3-9(14)5-10(15)4-8/h3-7H,1-2H3,(H,16,17,18). The number of H-pyrrole nitrogens is 1. The molecule has 0 spiro atoms. The number of aromatic nitrogens is 2. The first-order valence-electron chi connectivity index (χ1n) is 5.53. The molecule has 1 aromatic heterocycles. The second-order valence-electron chi connectivity index (χ2n) is 4.33. The van der Waals surface area contributed by atoms with Crippen LogP contribution in [0.1, 0.15) is 25.6 Å². The van der Waals surface area contributed by atoms with Gasteiger partial charge in [-0.3, -0.25) is 4.79 Å². The molecule has 1 heterocycles. The smallest absolute Gasteiger partial charge is 0.251 e. The van der Waals surface area contributed by atoms with Crippen molar-refractivity contribution in [2.24, 2.45) is 0 Å². The number of halogens is 2. The van der Waals surface area contributed by atoms with Crippen molar-refractivity contribution >= 4 is 0 Å². The van der Waals surface area contributed by atoms with Crippen LogP contribution in [0.15, 0.2) is 29.1 Å². The van der Waals surface area contributed by atoms with E-state index in [4.69, 9.17) is 0 Å². The summed E-state index contributed by atoms with van der Waals surface area (Å²) in [6.45, 7) is 3.74. The molecule has 0 amide bonds. The van der Waals surface area contributed by atoms with Crippen LogP contribution >= 0.6 is 0 Å². The largest absolute Gasteiger partial charge is 0.310 e. The Morgan fingerprint density at radius 3 is 2.28 bits per heavy atom. The van der Waals surface area contributed by atoms with Crippen molar-refractivity contribution in [3.8, 4) is 11.3 Å².